The number of aromatic nitrogens is 2. The van der Waals surface area contributed by atoms with Gasteiger partial charge in [-0.25, -0.2) is 4.98 Å². The van der Waals surface area contributed by atoms with Crippen LogP contribution in [0.5, 0.6) is 0 Å². The normalized spacial score (nSPS) is 12.1. The molecule has 2 rings (SSSR count). The lowest BCUT2D eigenvalue weighted by Crippen LogP contribution is -2.20. The van der Waals surface area contributed by atoms with Crippen LogP contribution in [0.2, 0.25) is 0 Å². The van der Waals surface area contributed by atoms with Gasteiger partial charge in [-0.2, -0.15) is 0 Å². The zero-order valence-electron chi connectivity index (χ0n) is 9.84. The minimum absolute atomic E-state index is 0.165. The van der Waals surface area contributed by atoms with Crippen molar-refractivity contribution in [1.82, 2.24) is 9.97 Å². The average molecular weight is 323 g/mol. The van der Waals surface area contributed by atoms with E-state index in [1.165, 1.54) is 6.33 Å². The Kier molecular flexibility index (Phi) is 4.11. The lowest BCUT2D eigenvalue weighted by Gasteiger charge is -2.12. The summed E-state index contributed by atoms with van der Waals surface area (Å²) in [6, 6.07) is 9.23. The summed E-state index contributed by atoms with van der Waals surface area (Å²) in [5, 5.41) is 9.33. The number of H-pyrrole nitrogens is 1. The summed E-state index contributed by atoms with van der Waals surface area (Å²) < 4.78 is 0.165. The molecule has 2 N–H and O–H groups in total. The summed E-state index contributed by atoms with van der Waals surface area (Å²) in [5.74, 6) is -1.87. The molecule has 0 aliphatic rings. The number of carboxylic acid groups (broad SMARTS) is 1. The highest BCUT2D eigenvalue weighted by Gasteiger charge is 2.25. The number of aliphatic carboxylic acids is 1. The Labute approximate surface area is 117 Å². The van der Waals surface area contributed by atoms with E-state index in [2.05, 4.69) is 25.9 Å². The lowest BCUT2D eigenvalue weighted by molar-refractivity contribution is -0.138. The van der Waals surface area contributed by atoms with E-state index in [1.807, 2.05) is 30.3 Å². The first-order valence-electron chi connectivity index (χ1n) is 5.59. The molecule has 6 heteroatoms. The third-order valence-corrected chi connectivity index (χ3v) is 3.50. The Bertz CT molecular complexity index is 640. The van der Waals surface area contributed by atoms with Crippen LogP contribution in [0.25, 0.3) is 0 Å². The number of rotatable bonds is 4. The number of carboxylic acids is 1. The molecule has 0 saturated carbocycles. The van der Waals surface area contributed by atoms with E-state index in [9.17, 15) is 14.7 Å². The molecule has 0 aliphatic heterocycles. The van der Waals surface area contributed by atoms with Gasteiger partial charge in [-0.3, -0.25) is 9.59 Å². The highest BCUT2D eigenvalue weighted by molar-refractivity contribution is 9.10. The molecule has 0 aliphatic carbocycles. The highest BCUT2D eigenvalue weighted by atomic mass is 79.9. The van der Waals surface area contributed by atoms with Gasteiger partial charge < -0.3 is 10.1 Å². The number of carbonyl (C=O) groups is 1. The second-order valence-electron chi connectivity index (χ2n) is 4.01. The summed E-state index contributed by atoms with van der Waals surface area (Å²) in [4.78, 5) is 29.2. The summed E-state index contributed by atoms with van der Waals surface area (Å²) >= 11 is 3.09. The van der Waals surface area contributed by atoms with Crippen LogP contribution in [0.3, 0.4) is 0 Å². The lowest BCUT2D eigenvalue weighted by atomic mass is 9.96. The van der Waals surface area contributed by atoms with Crippen molar-refractivity contribution in [3.05, 3.63) is 62.7 Å². The number of nitrogens with one attached hydrogen (secondary N) is 1. The fourth-order valence-electron chi connectivity index (χ4n) is 1.79. The van der Waals surface area contributed by atoms with Crippen molar-refractivity contribution in [2.24, 2.45) is 0 Å². The molecular formula is C13H11BrN2O3. The third kappa shape index (κ3) is 3.08. The van der Waals surface area contributed by atoms with E-state index in [-0.39, 0.29) is 22.1 Å². The maximum absolute atomic E-state index is 11.5. The zero-order valence-corrected chi connectivity index (χ0v) is 11.4. The first-order chi connectivity index (χ1) is 9.09. The molecule has 0 bridgehead atoms. The SMILES string of the molecule is O=C(O)C(Cc1ccccc1)c1nc[nH]c(=O)c1Br. The van der Waals surface area contributed by atoms with Gasteiger partial charge in [0, 0.05) is 0 Å². The maximum Gasteiger partial charge on any atom is 0.312 e. The quantitative estimate of drug-likeness (QED) is 0.901. The van der Waals surface area contributed by atoms with Crippen molar-refractivity contribution >= 4 is 21.9 Å². The largest absolute Gasteiger partial charge is 0.481 e. The van der Waals surface area contributed by atoms with Gasteiger partial charge in [0.2, 0.25) is 0 Å². The van der Waals surface area contributed by atoms with Crippen LogP contribution in [0.1, 0.15) is 17.2 Å². The zero-order chi connectivity index (χ0) is 13.8. The van der Waals surface area contributed by atoms with E-state index in [4.69, 9.17) is 0 Å². The van der Waals surface area contributed by atoms with E-state index in [0.717, 1.165) is 5.56 Å². The van der Waals surface area contributed by atoms with Gasteiger partial charge in [-0.05, 0) is 27.9 Å². The molecule has 19 heavy (non-hydrogen) atoms. The fraction of sp³-hybridized carbons (Fsp3) is 0.154. The number of benzene rings is 1. The Morgan fingerprint density at radius 1 is 1.37 bits per heavy atom. The van der Waals surface area contributed by atoms with E-state index >= 15 is 0 Å². The van der Waals surface area contributed by atoms with Crippen LogP contribution in [0.15, 0.2) is 45.9 Å². The van der Waals surface area contributed by atoms with Crippen molar-refractivity contribution < 1.29 is 9.90 Å². The van der Waals surface area contributed by atoms with Gasteiger partial charge in [0.1, 0.15) is 10.4 Å². The molecule has 0 fully saturated rings. The predicted molar refractivity (Wildman–Crippen MR) is 73.1 cm³/mol. The molecule has 5 nitrogen and oxygen atoms in total. The third-order valence-electron chi connectivity index (χ3n) is 2.73. The fourth-order valence-corrected chi connectivity index (χ4v) is 2.28. The minimum Gasteiger partial charge on any atom is -0.481 e. The van der Waals surface area contributed by atoms with Gasteiger partial charge in [0.05, 0.1) is 12.0 Å². The van der Waals surface area contributed by atoms with Crippen LogP contribution in [0, 0.1) is 0 Å². The Morgan fingerprint density at radius 2 is 2.05 bits per heavy atom. The predicted octanol–water partition coefficient (Wildman–Crippen LogP) is 1.94. The molecule has 1 aromatic heterocycles. The Balaban J connectivity index is 2.39. The summed E-state index contributed by atoms with van der Waals surface area (Å²) in [6.45, 7) is 0. The average Bonchev–Trinajstić information content (AvgIpc) is 2.40. The number of nitrogens with zero attached hydrogens (tertiary/aromatic N) is 1. The van der Waals surface area contributed by atoms with E-state index < -0.39 is 11.9 Å². The minimum atomic E-state index is -1.01. The van der Waals surface area contributed by atoms with Crippen molar-refractivity contribution in [2.75, 3.05) is 0 Å². The molecule has 0 saturated heterocycles. The van der Waals surface area contributed by atoms with Gasteiger partial charge >= 0.3 is 5.97 Å². The standard InChI is InChI=1S/C13H11BrN2O3/c14-10-11(15-7-16-12(10)17)9(13(18)19)6-8-4-2-1-3-5-8/h1-5,7,9H,6H2,(H,18,19)(H,15,16,17). The van der Waals surface area contributed by atoms with Crippen LogP contribution >= 0.6 is 15.9 Å². The topological polar surface area (TPSA) is 83.0 Å². The van der Waals surface area contributed by atoms with Gasteiger partial charge in [-0.15, -0.1) is 0 Å². The van der Waals surface area contributed by atoms with Crippen LogP contribution < -0.4 is 5.56 Å². The van der Waals surface area contributed by atoms with Crippen LogP contribution in [-0.2, 0) is 11.2 Å². The molecular weight excluding hydrogens is 312 g/mol. The molecule has 1 heterocycles. The van der Waals surface area contributed by atoms with E-state index in [1.54, 1.807) is 0 Å². The molecule has 1 atom stereocenters. The number of aromatic amines is 1. The van der Waals surface area contributed by atoms with Gasteiger partial charge in [0.15, 0.2) is 0 Å². The van der Waals surface area contributed by atoms with Crippen molar-refractivity contribution in [3.8, 4) is 0 Å². The van der Waals surface area contributed by atoms with Crippen LogP contribution in [0.4, 0.5) is 0 Å². The highest BCUT2D eigenvalue weighted by Crippen LogP contribution is 2.23. The molecule has 0 radical (unpaired) electrons. The summed E-state index contributed by atoms with van der Waals surface area (Å²) in [6.07, 6.45) is 1.49. The van der Waals surface area contributed by atoms with Crippen molar-refractivity contribution in [2.45, 2.75) is 12.3 Å². The molecule has 2 aromatic rings. The molecule has 0 spiro atoms. The van der Waals surface area contributed by atoms with Gasteiger partial charge in [0.25, 0.3) is 5.56 Å². The molecule has 0 amide bonds. The van der Waals surface area contributed by atoms with E-state index in [0.29, 0.717) is 0 Å². The van der Waals surface area contributed by atoms with Gasteiger partial charge in [-0.1, -0.05) is 30.3 Å². The first-order valence-corrected chi connectivity index (χ1v) is 6.38. The second kappa shape index (κ2) is 5.79. The monoisotopic (exact) mass is 322 g/mol. The second-order valence-corrected chi connectivity index (χ2v) is 4.80. The summed E-state index contributed by atoms with van der Waals surface area (Å²) in [5.41, 5.74) is 0.730. The van der Waals surface area contributed by atoms with Crippen LogP contribution in [-0.4, -0.2) is 21.0 Å². The Morgan fingerprint density at radius 3 is 2.68 bits per heavy atom. The maximum atomic E-state index is 11.5. The number of halogens is 1. The first kappa shape index (κ1) is 13.5. The number of hydrogen-bond donors (Lipinski definition) is 2. The molecule has 1 unspecified atom stereocenters. The molecule has 1 aromatic carbocycles. The number of hydrogen-bond acceptors (Lipinski definition) is 3. The van der Waals surface area contributed by atoms with Crippen molar-refractivity contribution in [3.63, 3.8) is 0 Å². The van der Waals surface area contributed by atoms with Crippen molar-refractivity contribution in [1.29, 1.82) is 0 Å². The Hall–Kier alpha value is -1.95. The molecule has 98 valence electrons. The summed E-state index contributed by atoms with van der Waals surface area (Å²) in [7, 11) is 0. The smallest absolute Gasteiger partial charge is 0.312 e.